The van der Waals surface area contributed by atoms with Crippen LogP contribution in [0.2, 0.25) is 0 Å². The van der Waals surface area contributed by atoms with Crippen LogP contribution in [0, 0.1) is 5.92 Å². The summed E-state index contributed by atoms with van der Waals surface area (Å²) in [6.07, 6.45) is -0.310. The number of hydrogen-bond acceptors (Lipinski definition) is 5. The van der Waals surface area contributed by atoms with E-state index in [-0.39, 0.29) is 30.4 Å². The second kappa shape index (κ2) is 5.84. The Morgan fingerprint density at radius 1 is 1.17 bits per heavy atom. The second-order valence-electron chi connectivity index (χ2n) is 7.05. The fraction of sp³-hybridized carbons (Fsp3) is 0.529. The van der Waals surface area contributed by atoms with Crippen molar-refractivity contribution in [3.8, 4) is 0 Å². The summed E-state index contributed by atoms with van der Waals surface area (Å²) >= 11 is 0. The summed E-state index contributed by atoms with van der Waals surface area (Å²) in [5.41, 5.74) is 1.25. The van der Waals surface area contributed by atoms with E-state index in [1.165, 1.54) is 5.56 Å². The molecule has 0 aromatic heterocycles. The number of carbonyl (C=O) groups is 2. The van der Waals surface area contributed by atoms with Crippen molar-refractivity contribution >= 4 is 11.9 Å². The lowest BCUT2D eigenvalue weighted by Crippen LogP contribution is -2.65. The van der Waals surface area contributed by atoms with Crippen molar-refractivity contribution in [2.75, 3.05) is 20.1 Å². The van der Waals surface area contributed by atoms with E-state index in [0.717, 1.165) is 19.6 Å². The lowest BCUT2D eigenvalue weighted by molar-refractivity contribution is -0.130. The molecule has 0 aliphatic carbocycles. The summed E-state index contributed by atoms with van der Waals surface area (Å²) < 4.78 is 0. The SMILES string of the molecule is CC1CN(Cc2ccccc2)C2NC3C(C(=O)NC(=O)N3C)N2C1. The Balaban J connectivity index is 1.60. The Labute approximate surface area is 141 Å². The number of rotatable bonds is 2. The fourth-order valence-corrected chi connectivity index (χ4v) is 4.10. The minimum Gasteiger partial charge on any atom is -0.310 e. The molecule has 1 aromatic rings. The molecule has 0 spiro atoms. The highest BCUT2D eigenvalue weighted by Crippen LogP contribution is 2.30. The summed E-state index contributed by atoms with van der Waals surface area (Å²) in [4.78, 5) is 30.5. The first-order chi connectivity index (χ1) is 11.5. The average molecular weight is 329 g/mol. The van der Waals surface area contributed by atoms with Gasteiger partial charge in [-0.3, -0.25) is 25.2 Å². The molecule has 7 heteroatoms. The molecular formula is C17H23N5O2. The zero-order valence-electron chi connectivity index (χ0n) is 14.0. The smallest absolute Gasteiger partial charge is 0.310 e. The minimum absolute atomic E-state index is 0.0319. The zero-order chi connectivity index (χ0) is 16.8. The van der Waals surface area contributed by atoms with E-state index in [0.29, 0.717) is 5.92 Å². The van der Waals surface area contributed by atoms with Gasteiger partial charge in [0.1, 0.15) is 18.5 Å². The van der Waals surface area contributed by atoms with Gasteiger partial charge in [0.25, 0.3) is 0 Å². The number of likely N-dealkylation sites (N-methyl/N-ethyl adjacent to an activating group) is 1. The number of nitrogens with zero attached hydrogens (tertiary/aromatic N) is 3. The molecule has 4 atom stereocenters. The van der Waals surface area contributed by atoms with Crippen LogP contribution in [0.25, 0.3) is 0 Å². The van der Waals surface area contributed by atoms with Gasteiger partial charge in [0.2, 0.25) is 5.91 Å². The maximum atomic E-state index is 12.4. The number of nitrogens with one attached hydrogen (secondary N) is 2. The van der Waals surface area contributed by atoms with Crippen molar-refractivity contribution < 1.29 is 9.59 Å². The highest BCUT2D eigenvalue weighted by molar-refractivity contribution is 6.00. The molecule has 3 saturated heterocycles. The minimum atomic E-state index is -0.337. The van der Waals surface area contributed by atoms with Gasteiger partial charge in [-0.05, 0) is 11.5 Å². The number of carbonyl (C=O) groups excluding carboxylic acids is 2. The lowest BCUT2D eigenvalue weighted by Gasteiger charge is -2.44. The normalized spacial score (nSPS) is 34.0. The van der Waals surface area contributed by atoms with Gasteiger partial charge in [-0.15, -0.1) is 0 Å². The van der Waals surface area contributed by atoms with Crippen molar-refractivity contribution in [3.63, 3.8) is 0 Å². The van der Waals surface area contributed by atoms with Crippen molar-refractivity contribution in [2.45, 2.75) is 32.0 Å². The highest BCUT2D eigenvalue weighted by Gasteiger charge is 2.54. The average Bonchev–Trinajstić information content (AvgIpc) is 2.94. The van der Waals surface area contributed by atoms with Gasteiger partial charge in [-0.25, -0.2) is 4.79 Å². The van der Waals surface area contributed by atoms with Crippen LogP contribution >= 0.6 is 0 Å². The van der Waals surface area contributed by atoms with Crippen LogP contribution < -0.4 is 10.6 Å². The molecule has 2 N–H and O–H groups in total. The molecule has 4 rings (SSSR count). The van der Waals surface area contributed by atoms with Crippen LogP contribution in [0.4, 0.5) is 4.79 Å². The molecule has 128 valence electrons. The third-order valence-electron chi connectivity index (χ3n) is 5.17. The Hall–Kier alpha value is -1.96. The number of benzene rings is 1. The number of amides is 3. The van der Waals surface area contributed by atoms with Gasteiger partial charge in [0.05, 0.1) is 0 Å². The molecule has 3 aliphatic rings. The first kappa shape index (κ1) is 15.6. The predicted molar refractivity (Wildman–Crippen MR) is 88.5 cm³/mol. The summed E-state index contributed by atoms with van der Waals surface area (Å²) in [5, 5.41) is 5.95. The van der Waals surface area contributed by atoms with Crippen LogP contribution in [0.1, 0.15) is 12.5 Å². The first-order valence-electron chi connectivity index (χ1n) is 8.42. The van der Waals surface area contributed by atoms with E-state index in [9.17, 15) is 9.59 Å². The number of hydrogen-bond donors (Lipinski definition) is 2. The summed E-state index contributed by atoms with van der Waals surface area (Å²) in [6, 6.07) is 9.67. The first-order valence-corrected chi connectivity index (χ1v) is 8.42. The van der Waals surface area contributed by atoms with E-state index in [2.05, 4.69) is 39.5 Å². The van der Waals surface area contributed by atoms with E-state index in [1.54, 1.807) is 11.9 Å². The van der Waals surface area contributed by atoms with E-state index < -0.39 is 0 Å². The Bertz CT molecular complexity index is 652. The zero-order valence-corrected chi connectivity index (χ0v) is 14.0. The quantitative estimate of drug-likeness (QED) is 0.812. The molecule has 3 heterocycles. The van der Waals surface area contributed by atoms with Crippen molar-refractivity contribution in [1.82, 2.24) is 25.3 Å². The molecular weight excluding hydrogens is 306 g/mol. The molecule has 24 heavy (non-hydrogen) atoms. The van der Waals surface area contributed by atoms with Gasteiger partial charge >= 0.3 is 6.03 Å². The fourth-order valence-electron chi connectivity index (χ4n) is 4.10. The highest BCUT2D eigenvalue weighted by atomic mass is 16.2. The molecule has 0 radical (unpaired) electrons. The third kappa shape index (κ3) is 2.49. The molecule has 3 aliphatic heterocycles. The summed E-state index contributed by atoms with van der Waals surface area (Å²) in [6.45, 7) is 4.83. The van der Waals surface area contributed by atoms with Crippen LogP contribution in [-0.2, 0) is 11.3 Å². The Morgan fingerprint density at radius 2 is 1.92 bits per heavy atom. The molecule has 3 amide bonds. The maximum Gasteiger partial charge on any atom is 0.325 e. The standard InChI is InChI=1S/C17H23N5O2/c1-11-8-21(10-12-6-4-3-5-7-12)16-18-14-13(22(16)9-11)15(23)19-17(24)20(14)2/h3-7,11,13-14,16,18H,8-10H2,1-2H3,(H,19,23,24). The third-order valence-corrected chi connectivity index (χ3v) is 5.17. The van der Waals surface area contributed by atoms with Gasteiger partial charge in [-0.1, -0.05) is 37.3 Å². The molecule has 7 nitrogen and oxygen atoms in total. The van der Waals surface area contributed by atoms with Crippen molar-refractivity contribution in [2.24, 2.45) is 5.92 Å². The molecule has 4 unspecified atom stereocenters. The van der Waals surface area contributed by atoms with Crippen LogP contribution in [0.5, 0.6) is 0 Å². The number of imide groups is 1. The summed E-state index contributed by atoms with van der Waals surface area (Å²) in [5.74, 6) is 0.258. The topological polar surface area (TPSA) is 67.9 Å². The van der Waals surface area contributed by atoms with E-state index >= 15 is 0 Å². The number of urea groups is 1. The van der Waals surface area contributed by atoms with Crippen molar-refractivity contribution in [1.29, 1.82) is 0 Å². The molecule has 0 bridgehead atoms. The monoisotopic (exact) mass is 329 g/mol. The lowest BCUT2D eigenvalue weighted by atomic mass is 10.0. The van der Waals surface area contributed by atoms with Crippen molar-refractivity contribution in [3.05, 3.63) is 35.9 Å². The molecule has 0 saturated carbocycles. The van der Waals surface area contributed by atoms with Gasteiger partial charge in [-0.2, -0.15) is 0 Å². The van der Waals surface area contributed by atoms with Gasteiger partial charge < -0.3 is 4.90 Å². The predicted octanol–water partition coefficient (Wildman–Crippen LogP) is 0.203. The van der Waals surface area contributed by atoms with Crippen LogP contribution in [0.15, 0.2) is 30.3 Å². The largest absolute Gasteiger partial charge is 0.325 e. The Morgan fingerprint density at radius 3 is 2.67 bits per heavy atom. The van der Waals surface area contributed by atoms with E-state index in [1.807, 2.05) is 18.2 Å². The molecule has 1 aromatic carbocycles. The van der Waals surface area contributed by atoms with Crippen LogP contribution in [0.3, 0.4) is 0 Å². The maximum absolute atomic E-state index is 12.4. The number of fused-ring (bicyclic) bond motifs is 3. The second-order valence-corrected chi connectivity index (χ2v) is 7.05. The van der Waals surface area contributed by atoms with Crippen LogP contribution in [-0.4, -0.2) is 65.3 Å². The Kier molecular flexibility index (Phi) is 3.79. The summed E-state index contributed by atoms with van der Waals surface area (Å²) in [7, 11) is 1.73. The molecule has 3 fully saturated rings. The van der Waals surface area contributed by atoms with E-state index in [4.69, 9.17) is 0 Å². The van der Waals surface area contributed by atoms with Gasteiger partial charge in [0.15, 0.2) is 0 Å². The van der Waals surface area contributed by atoms with Gasteiger partial charge in [0, 0.05) is 26.7 Å².